The maximum Gasteiger partial charge on any atom is 0.305 e. The number of carbonyl (C=O) groups excluding carboxylic acids is 1. The number of carbonyl (C=O) groups is 2. The van der Waals surface area contributed by atoms with E-state index in [1.807, 2.05) is 0 Å². The molecule has 1 aromatic carbocycles. The number of aryl methyl sites for hydroxylation is 1. The first-order valence-corrected chi connectivity index (χ1v) is 5.82. The van der Waals surface area contributed by atoms with Crippen LogP contribution in [0.15, 0.2) is 24.3 Å². The Labute approximate surface area is 113 Å². The molecule has 1 heterocycles. The van der Waals surface area contributed by atoms with Gasteiger partial charge in [-0.05, 0) is 24.3 Å². The van der Waals surface area contributed by atoms with Crippen LogP contribution in [0.4, 0.5) is 10.2 Å². The fourth-order valence-corrected chi connectivity index (χ4v) is 1.80. The van der Waals surface area contributed by atoms with Crippen LogP contribution in [0, 0.1) is 5.82 Å². The Bertz CT molecular complexity index is 650. The van der Waals surface area contributed by atoms with Gasteiger partial charge in [-0.3, -0.25) is 9.59 Å². The maximum absolute atomic E-state index is 12.9. The van der Waals surface area contributed by atoms with Crippen LogP contribution >= 0.6 is 0 Å². The molecule has 0 aliphatic carbocycles. The summed E-state index contributed by atoms with van der Waals surface area (Å²) in [5, 5.41) is 12.8. The summed E-state index contributed by atoms with van der Waals surface area (Å²) in [5.41, 5.74) is 6.78. The molecule has 0 radical (unpaired) electrons. The second-order valence-electron chi connectivity index (χ2n) is 4.14. The number of carboxylic acids is 1. The lowest BCUT2D eigenvalue weighted by Gasteiger charge is -2.00. The molecular weight excluding hydrogens is 265 g/mol. The number of nitrogen functional groups attached to an aromatic ring is 1. The van der Waals surface area contributed by atoms with Gasteiger partial charge in [-0.25, -0.2) is 9.07 Å². The number of aldehydes is 1. The molecule has 0 spiro atoms. The van der Waals surface area contributed by atoms with E-state index in [0.29, 0.717) is 17.5 Å². The van der Waals surface area contributed by atoms with Crippen LogP contribution in [0.2, 0.25) is 0 Å². The lowest BCUT2D eigenvalue weighted by Crippen LogP contribution is -2.09. The molecule has 6 nitrogen and oxygen atoms in total. The van der Waals surface area contributed by atoms with Crippen molar-refractivity contribution < 1.29 is 19.1 Å². The van der Waals surface area contributed by atoms with E-state index in [9.17, 15) is 14.0 Å². The van der Waals surface area contributed by atoms with E-state index in [4.69, 9.17) is 10.8 Å². The average molecular weight is 277 g/mol. The summed E-state index contributed by atoms with van der Waals surface area (Å²) < 4.78 is 14.2. The monoisotopic (exact) mass is 277 g/mol. The first-order chi connectivity index (χ1) is 9.52. The smallest absolute Gasteiger partial charge is 0.305 e. The van der Waals surface area contributed by atoms with Crippen molar-refractivity contribution in [2.75, 3.05) is 5.73 Å². The van der Waals surface area contributed by atoms with E-state index < -0.39 is 11.8 Å². The van der Waals surface area contributed by atoms with Crippen molar-refractivity contribution in [1.82, 2.24) is 9.78 Å². The molecule has 0 aliphatic heterocycles. The number of carboxylic acid groups (broad SMARTS) is 1. The maximum atomic E-state index is 12.9. The highest BCUT2D eigenvalue weighted by Crippen LogP contribution is 2.26. The summed E-state index contributed by atoms with van der Waals surface area (Å²) >= 11 is 0. The molecule has 0 aliphatic rings. The van der Waals surface area contributed by atoms with Crippen LogP contribution in [-0.2, 0) is 11.3 Å². The van der Waals surface area contributed by atoms with Crippen LogP contribution in [-0.4, -0.2) is 27.1 Å². The Morgan fingerprint density at radius 2 is 2.05 bits per heavy atom. The van der Waals surface area contributed by atoms with Crippen molar-refractivity contribution in [2.24, 2.45) is 0 Å². The van der Waals surface area contributed by atoms with Gasteiger partial charge in [0.05, 0.1) is 18.5 Å². The lowest BCUT2D eigenvalue weighted by atomic mass is 10.1. The minimum absolute atomic E-state index is 0.0587. The van der Waals surface area contributed by atoms with Gasteiger partial charge in [0.25, 0.3) is 0 Å². The van der Waals surface area contributed by atoms with Gasteiger partial charge < -0.3 is 10.8 Å². The summed E-state index contributed by atoms with van der Waals surface area (Å²) in [6.45, 7) is 0.0587. The number of aromatic nitrogens is 2. The Hall–Kier alpha value is -2.70. The van der Waals surface area contributed by atoms with Crippen molar-refractivity contribution in [3.63, 3.8) is 0 Å². The molecule has 0 saturated heterocycles. The molecule has 0 amide bonds. The zero-order valence-electron chi connectivity index (χ0n) is 10.4. The second kappa shape index (κ2) is 5.52. The van der Waals surface area contributed by atoms with Gasteiger partial charge in [0, 0.05) is 5.56 Å². The third-order valence-corrected chi connectivity index (χ3v) is 2.80. The van der Waals surface area contributed by atoms with Crippen molar-refractivity contribution in [2.45, 2.75) is 13.0 Å². The third-order valence-electron chi connectivity index (χ3n) is 2.80. The number of aliphatic carboxylic acids is 1. The van der Waals surface area contributed by atoms with Gasteiger partial charge >= 0.3 is 5.97 Å². The van der Waals surface area contributed by atoms with Crippen molar-refractivity contribution >= 4 is 18.1 Å². The number of benzene rings is 1. The Morgan fingerprint density at radius 1 is 1.40 bits per heavy atom. The quantitative estimate of drug-likeness (QED) is 0.808. The SMILES string of the molecule is Nc1c(C=O)c(-c2ccc(F)cc2)nn1CCC(=O)O. The van der Waals surface area contributed by atoms with E-state index >= 15 is 0 Å². The van der Waals surface area contributed by atoms with Crippen LogP contribution in [0.1, 0.15) is 16.8 Å². The Kier molecular flexibility index (Phi) is 3.79. The topological polar surface area (TPSA) is 98.2 Å². The van der Waals surface area contributed by atoms with Crippen LogP contribution < -0.4 is 5.73 Å². The summed E-state index contributed by atoms with van der Waals surface area (Å²) in [5.74, 6) is -1.30. The predicted octanol–water partition coefficient (Wildman–Crippen LogP) is 1.56. The molecule has 104 valence electrons. The van der Waals surface area contributed by atoms with E-state index in [-0.39, 0.29) is 24.3 Å². The van der Waals surface area contributed by atoms with Crippen LogP contribution in [0.25, 0.3) is 11.3 Å². The largest absolute Gasteiger partial charge is 0.481 e. The highest BCUT2D eigenvalue weighted by molar-refractivity contribution is 5.91. The Morgan fingerprint density at radius 3 is 2.60 bits per heavy atom. The molecule has 0 unspecified atom stereocenters. The van der Waals surface area contributed by atoms with Gasteiger partial charge in [-0.2, -0.15) is 5.10 Å². The van der Waals surface area contributed by atoms with Crippen molar-refractivity contribution in [1.29, 1.82) is 0 Å². The van der Waals surface area contributed by atoms with Gasteiger partial charge in [-0.1, -0.05) is 0 Å². The molecule has 0 atom stereocenters. The fourth-order valence-electron chi connectivity index (χ4n) is 1.80. The number of rotatable bonds is 5. The first-order valence-electron chi connectivity index (χ1n) is 5.82. The van der Waals surface area contributed by atoms with Crippen LogP contribution in [0.5, 0.6) is 0 Å². The van der Waals surface area contributed by atoms with E-state index in [1.54, 1.807) is 0 Å². The number of halogens is 1. The van der Waals surface area contributed by atoms with Crippen LogP contribution in [0.3, 0.4) is 0 Å². The zero-order chi connectivity index (χ0) is 14.7. The first kappa shape index (κ1) is 13.7. The van der Waals surface area contributed by atoms with Gasteiger partial charge in [0.1, 0.15) is 17.3 Å². The van der Waals surface area contributed by atoms with E-state index in [2.05, 4.69) is 5.10 Å². The highest BCUT2D eigenvalue weighted by Gasteiger charge is 2.17. The average Bonchev–Trinajstić information content (AvgIpc) is 2.73. The molecule has 1 aromatic heterocycles. The molecule has 2 rings (SSSR count). The highest BCUT2D eigenvalue weighted by atomic mass is 19.1. The summed E-state index contributed by atoms with van der Waals surface area (Å²) in [4.78, 5) is 21.7. The Balaban J connectivity index is 2.42. The van der Waals surface area contributed by atoms with Crippen molar-refractivity contribution in [3.05, 3.63) is 35.6 Å². The molecule has 7 heteroatoms. The lowest BCUT2D eigenvalue weighted by molar-refractivity contribution is -0.137. The summed E-state index contributed by atoms with van der Waals surface area (Å²) in [7, 11) is 0. The standard InChI is InChI=1S/C13H12FN3O3/c14-9-3-1-8(2-4-9)12-10(7-18)13(15)17(16-12)6-5-11(19)20/h1-4,7H,5-6,15H2,(H,19,20). The molecule has 0 saturated carbocycles. The molecule has 2 aromatic rings. The predicted molar refractivity (Wildman–Crippen MR) is 69.7 cm³/mol. The van der Waals surface area contributed by atoms with E-state index in [0.717, 1.165) is 0 Å². The normalized spacial score (nSPS) is 10.4. The molecule has 0 bridgehead atoms. The number of nitrogens with zero attached hydrogens (tertiary/aromatic N) is 2. The minimum Gasteiger partial charge on any atom is -0.481 e. The molecule has 3 N–H and O–H groups in total. The molecule has 0 fully saturated rings. The number of hydrogen-bond donors (Lipinski definition) is 2. The fraction of sp³-hybridized carbons (Fsp3) is 0.154. The number of nitrogens with two attached hydrogens (primary N) is 1. The molecular formula is C13H12FN3O3. The van der Waals surface area contributed by atoms with Gasteiger partial charge in [-0.15, -0.1) is 0 Å². The van der Waals surface area contributed by atoms with Gasteiger partial charge in [0.15, 0.2) is 6.29 Å². The number of anilines is 1. The van der Waals surface area contributed by atoms with Gasteiger partial charge in [0.2, 0.25) is 0 Å². The second-order valence-corrected chi connectivity index (χ2v) is 4.14. The summed E-state index contributed by atoms with van der Waals surface area (Å²) in [6.07, 6.45) is 0.394. The molecule has 20 heavy (non-hydrogen) atoms. The third kappa shape index (κ3) is 2.66. The summed E-state index contributed by atoms with van der Waals surface area (Å²) in [6, 6.07) is 5.45. The number of hydrogen-bond acceptors (Lipinski definition) is 4. The van der Waals surface area contributed by atoms with Crippen molar-refractivity contribution in [3.8, 4) is 11.3 Å². The van der Waals surface area contributed by atoms with E-state index in [1.165, 1.54) is 28.9 Å². The zero-order valence-corrected chi connectivity index (χ0v) is 10.4. The minimum atomic E-state index is -0.990.